The number of hydrogen-bond donors (Lipinski definition) is 5. The van der Waals surface area contributed by atoms with Crippen molar-refractivity contribution >= 4 is 18.7 Å². The van der Waals surface area contributed by atoms with E-state index in [1.165, 1.54) is 0 Å². The molecule has 0 amide bonds. The number of ether oxygens (including phenoxy) is 1. The zero-order chi connectivity index (χ0) is 20.7. The molecule has 0 saturated carbocycles. The van der Waals surface area contributed by atoms with Crippen LogP contribution in [0.3, 0.4) is 0 Å². The van der Waals surface area contributed by atoms with Crippen LogP contribution in [0.15, 0.2) is 48.5 Å². The quantitative estimate of drug-likeness (QED) is 0.491. The molecule has 7 nitrogen and oxygen atoms in total. The fourth-order valence-electron chi connectivity index (χ4n) is 1.58. The predicted octanol–water partition coefficient (Wildman–Crippen LogP) is 2.32. The molecule has 0 radical (unpaired) electrons. The zero-order valence-electron chi connectivity index (χ0n) is 16.3. The third kappa shape index (κ3) is 8.32. The van der Waals surface area contributed by atoms with E-state index in [9.17, 15) is 0 Å². The van der Waals surface area contributed by atoms with Crippen LogP contribution in [-0.2, 0) is 0 Å². The molecule has 0 bridgehead atoms. The standard InChI is InChI=1S/C13H14BNO4.C6H14O2/c1-18-12-6-2-10(3-7-12)15-11-4-8-13(9-5-11)19-14(16)17;1-5(2,7)6(3,4)8/h2-9,15-17H,1H3;7-8H,1-4H3. The second-order valence-electron chi connectivity index (χ2n) is 6.94. The normalized spacial score (nSPS) is 11.1. The number of methoxy groups -OCH3 is 1. The number of nitrogens with one attached hydrogen (secondary N) is 1. The van der Waals surface area contributed by atoms with Gasteiger partial charge in [-0.05, 0) is 76.2 Å². The van der Waals surface area contributed by atoms with Crippen LogP contribution >= 0.6 is 0 Å². The summed E-state index contributed by atoms with van der Waals surface area (Å²) in [5, 5.41) is 38.7. The monoisotopic (exact) mass is 377 g/mol. The first-order chi connectivity index (χ1) is 12.4. The Bertz CT molecular complexity index is 663. The van der Waals surface area contributed by atoms with E-state index in [1.54, 1.807) is 59.1 Å². The van der Waals surface area contributed by atoms with Crippen molar-refractivity contribution in [3.63, 3.8) is 0 Å². The van der Waals surface area contributed by atoms with Gasteiger partial charge >= 0.3 is 7.32 Å². The summed E-state index contributed by atoms with van der Waals surface area (Å²) < 4.78 is 9.80. The Morgan fingerprint density at radius 2 is 1.11 bits per heavy atom. The Labute approximate surface area is 160 Å². The molecule has 2 rings (SSSR count). The van der Waals surface area contributed by atoms with Gasteiger partial charge in [0, 0.05) is 11.4 Å². The molecule has 0 saturated heterocycles. The number of benzene rings is 2. The van der Waals surface area contributed by atoms with Gasteiger partial charge < -0.3 is 35.0 Å². The summed E-state index contributed by atoms with van der Waals surface area (Å²) in [7, 11) is -0.183. The summed E-state index contributed by atoms with van der Waals surface area (Å²) in [6.07, 6.45) is 0. The largest absolute Gasteiger partial charge is 0.707 e. The van der Waals surface area contributed by atoms with E-state index in [4.69, 9.17) is 29.7 Å². The molecule has 0 fully saturated rings. The molecule has 148 valence electrons. The summed E-state index contributed by atoms with van der Waals surface area (Å²) in [5.41, 5.74) is -0.221. The van der Waals surface area contributed by atoms with Gasteiger partial charge in [0.1, 0.15) is 11.5 Å². The maximum Gasteiger partial charge on any atom is 0.707 e. The Morgan fingerprint density at radius 1 is 0.741 bits per heavy atom. The molecule has 0 spiro atoms. The molecule has 0 aliphatic carbocycles. The molecule has 5 N–H and O–H groups in total. The van der Waals surface area contributed by atoms with Gasteiger partial charge in [-0.2, -0.15) is 0 Å². The number of anilines is 2. The Kier molecular flexibility index (Phi) is 8.11. The van der Waals surface area contributed by atoms with E-state index < -0.39 is 18.5 Å². The molecule has 0 unspecified atom stereocenters. The lowest BCUT2D eigenvalue weighted by atomic mass is 9.90. The lowest BCUT2D eigenvalue weighted by Crippen LogP contribution is -2.44. The molecule has 8 heteroatoms. The Hall–Kier alpha value is -2.26. The van der Waals surface area contributed by atoms with Crippen molar-refractivity contribution in [3.8, 4) is 11.5 Å². The summed E-state index contributed by atoms with van der Waals surface area (Å²) in [5.74, 6) is 1.18. The lowest BCUT2D eigenvalue weighted by molar-refractivity contribution is -0.107. The molecule has 2 aromatic rings. The highest BCUT2D eigenvalue weighted by molar-refractivity contribution is 6.33. The molecule has 0 heterocycles. The topological polar surface area (TPSA) is 111 Å². The minimum atomic E-state index is -1.81. The summed E-state index contributed by atoms with van der Waals surface area (Å²) in [4.78, 5) is 0. The number of hydrogen-bond acceptors (Lipinski definition) is 7. The maximum atomic E-state index is 9.10. The van der Waals surface area contributed by atoms with Gasteiger partial charge in [0.25, 0.3) is 0 Å². The second kappa shape index (κ2) is 9.61. The minimum absolute atomic E-state index is 0.385. The molecule has 27 heavy (non-hydrogen) atoms. The highest BCUT2D eigenvalue weighted by Gasteiger charge is 2.31. The van der Waals surface area contributed by atoms with E-state index in [0.717, 1.165) is 17.1 Å². The van der Waals surface area contributed by atoms with Crippen molar-refractivity contribution in [3.05, 3.63) is 48.5 Å². The molecule has 0 aliphatic rings. The SMILES string of the molecule is CC(C)(O)C(C)(C)O.COc1ccc(Nc2ccc(OB(O)O)cc2)cc1. The third-order valence-corrected chi connectivity index (χ3v) is 3.97. The van der Waals surface area contributed by atoms with Crippen molar-refractivity contribution in [1.29, 1.82) is 0 Å². The van der Waals surface area contributed by atoms with E-state index in [2.05, 4.69) is 5.32 Å². The number of aliphatic hydroxyl groups is 2. The van der Waals surface area contributed by atoms with Gasteiger partial charge in [0.15, 0.2) is 0 Å². The fraction of sp³-hybridized carbons (Fsp3) is 0.368. The van der Waals surface area contributed by atoms with E-state index in [-0.39, 0.29) is 0 Å². The predicted molar refractivity (Wildman–Crippen MR) is 106 cm³/mol. The van der Waals surface area contributed by atoms with Crippen LogP contribution in [0.1, 0.15) is 27.7 Å². The Balaban J connectivity index is 0.000000387. The summed E-state index contributed by atoms with van der Waals surface area (Å²) >= 11 is 0. The van der Waals surface area contributed by atoms with Crippen LogP contribution in [0.2, 0.25) is 0 Å². The summed E-state index contributed by atoms with van der Waals surface area (Å²) in [6.45, 7) is 6.31. The average Bonchev–Trinajstić information content (AvgIpc) is 2.56. The molecule has 0 atom stereocenters. The zero-order valence-corrected chi connectivity index (χ0v) is 16.3. The summed E-state index contributed by atoms with van der Waals surface area (Å²) in [6, 6.07) is 14.4. The molecular formula is C19H28BNO6. The first kappa shape index (κ1) is 22.8. The Morgan fingerprint density at radius 3 is 1.41 bits per heavy atom. The number of rotatable bonds is 6. The lowest BCUT2D eigenvalue weighted by Gasteiger charge is -2.31. The van der Waals surface area contributed by atoms with E-state index in [0.29, 0.717) is 5.75 Å². The average molecular weight is 377 g/mol. The van der Waals surface area contributed by atoms with Crippen molar-refractivity contribution < 1.29 is 29.7 Å². The van der Waals surface area contributed by atoms with Gasteiger partial charge in [-0.25, -0.2) is 0 Å². The van der Waals surface area contributed by atoms with Gasteiger partial charge in [0.05, 0.1) is 18.3 Å². The van der Waals surface area contributed by atoms with Gasteiger partial charge in [0.2, 0.25) is 0 Å². The molecule has 0 aliphatic heterocycles. The van der Waals surface area contributed by atoms with Crippen molar-refractivity contribution in [2.24, 2.45) is 0 Å². The first-order valence-electron chi connectivity index (χ1n) is 8.41. The van der Waals surface area contributed by atoms with Crippen LogP contribution in [0.25, 0.3) is 0 Å². The van der Waals surface area contributed by atoms with Crippen molar-refractivity contribution in [1.82, 2.24) is 0 Å². The van der Waals surface area contributed by atoms with Crippen LogP contribution in [0.4, 0.5) is 11.4 Å². The van der Waals surface area contributed by atoms with Crippen molar-refractivity contribution in [2.45, 2.75) is 38.9 Å². The molecular weight excluding hydrogens is 349 g/mol. The van der Waals surface area contributed by atoms with Gasteiger partial charge in [-0.15, -0.1) is 0 Å². The van der Waals surface area contributed by atoms with Gasteiger partial charge in [-0.1, -0.05) is 0 Å². The van der Waals surface area contributed by atoms with Crippen LogP contribution < -0.4 is 14.7 Å². The minimum Gasteiger partial charge on any atom is -0.512 e. The smallest absolute Gasteiger partial charge is 0.512 e. The van der Waals surface area contributed by atoms with Crippen LogP contribution in [-0.4, -0.2) is 45.9 Å². The van der Waals surface area contributed by atoms with E-state index in [1.807, 2.05) is 24.3 Å². The van der Waals surface area contributed by atoms with Crippen molar-refractivity contribution in [2.75, 3.05) is 12.4 Å². The first-order valence-corrected chi connectivity index (χ1v) is 8.41. The molecule has 2 aromatic carbocycles. The highest BCUT2D eigenvalue weighted by Crippen LogP contribution is 2.22. The second-order valence-corrected chi connectivity index (χ2v) is 6.94. The van der Waals surface area contributed by atoms with Gasteiger partial charge in [-0.3, -0.25) is 0 Å². The highest BCUT2D eigenvalue weighted by atomic mass is 16.6. The molecule has 0 aromatic heterocycles. The maximum absolute atomic E-state index is 9.10. The third-order valence-electron chi connectivity index (χ3n) is 3.97. The van der Waals surface area contributed by atoms with E-state index >= 15 is 0 Å². The fourth-order valence-corrected chi connectivity index (χ4v) is 1.58. The van der Waals surface area contributed by atoms with Crippen LogP contribution in [0.5, 0.6) is 11.5 Å². The van der Waals surface area contributed by atoms with Crippen LogP contribution in [0, 0.1) is 0 Å².